The summed E-state index contributed by atoms with van der Waals surface area (Å²) in [5.41, 5.74) is 1.60. The molecule has 0 saturated carbocycles. The third-order valence-electron chi connectivity index (χ3n) is 5.00. The van der Waals surface area contributed by atoms with Crippen LogP contribution in [0.1, 0.15) is 10.4 Å². The van der Waals surface area contributed by atoms with Crippen LogP contribution in [0.15, 0.2) is 47.5 Å². The Morgan fingerprint density at radius 1 is 1.14 bits per heavy atom. The summed E-state index contributed by atoms with van der Waals surface area (Å²) in [6, 6.07) is 12.1. The van der Waals surface area contributed by atoms with E-state index >= 15 is 0 Å². The van der Waals surface area contributed by atoms with Gasteiger partial charge in [-0.05, 0) is 30.9 Å². The van der Waals surface area contributed by atoms with Gasteiger partial charge in [-0.25, -0.2) is 9.97 Å². The molecule has 144 valence electrons. The van der Waals surface area contributed by atoms with E-state index in [-0.39, 0.29) is 18.0 Å². The Morgan fingerprint density at radius 3 is 2.83 bits per heavy atom. The van der Waals surface area contributed by atoms with E-state index in [1.807, 2.05) is 50.2 Å². The molecule has 0 aliphatic rings. The molecule has 0 unspecified atom stereocenters. The van der Waals surface area contributed by atoms with Crippen LogP contribution < -0.4 is 10.9 Å². The molecular formula is C21H16N4O2S2. The smallest absolute Gasteiger partial charge is 0.262 e. The SMILES string of the molecule is Cc1sc2ncn(CC(=O)Nc3nc4c(ccc5ccccc54)s3)c(=O)c2c1C. The standard InChI is InChI=1S/C21H16N4O2S2/c1-11-12(2)28-19-17(11)20(27)25(10-22-19)9-16(26)23-21-24-18-14-6-4-3-5-13(14)7-8-15(18)29-21/h3-8,10H,9H2,1-2H3,(H,23,24,26). The van der Waals surface area contributed by atoms with Crippen molar-refractivity contribution in [3.05, 3.63) is 63.5 Å². The molecule has 0 spiro atoms. The van der Waals surface area contributed by atoms with Crippen molar-refractivity contribution < 1.29 is 4.79 Å². The molecule has 5 rings (SSSR count). The van der Waals surface area contributed by atoms with Crippen molar-refractivity contribution in [2.75, 3.05) is 5.32 Å². The zero-order valence-electron chi connectivity index (χ0n) is 15.7. The van der Waals surface area contributed by atoms with Crippen molar-refractivity contribution in [2.45, 2.75) is 20.4 Å². The first-order chi connectivity index (χ1) is 14.0. The van der Waals surface area contributed by atoms with Gasteiger partial charge in [-0.15, -0.1) is 11.3 Å². The molecule has 3 heterocycles. The number of amides is 1. The van der Waals surface area contributed by atoms with Gasteiger partial charge in [0.15, 0.2) is 5.13 Å². The topological polar surface area (TPSA) is 76.9 Å². The second-order valence-electron chi connectivity index (χ2n) is 6.84. The summed E-state index contributed by atoms with van der Waals surface area (Å²) in [7, 11) is 0. The van der Waals surface area contributed by atoms with Crippen molar-refractivity contribution in [3.8, 4) is 0 Å². The second-order valence-corrected chi connectivity index (χ2v) is 9.08. The first-order valence-corrected chi connectivity index (χ1v) is 10.7. The third-order valence-corrected chi connectivity index (χ3v) is 7.05. The molecule has 8 heteroatoms. The lowest BCUT2D eigenvalue weighted by molar-refractivity contribution is -0.116. The number of aromatic nitrogens is 3. The number of carbonyl (C=O) groups is 1. The van der Waals surface area contributed by atoms with Gasteiger partial charge in [0.1, 0.15) is 11.4 Å². The normalized spacial score (nSPS) is 11.5. The fraction of sp³-hybridized carbons (Fsp3) is 0.143. The lowest BCUT2D eigenvalue weighted by atomic mass is 10.1. The Kier molecular flexibility index (Phi) is 4.18. The lowest BCUT2D eigenvalue weighted by Gasteiger charge is -2.05. The molecule has 0 fully saturated rings. The highest BCUT2D eigenvalue weighted by atomic mass is 32.1. The molecule has 29 heavy (non-hydrogen) atoms. The number of fused-ring (bicyclic) bond motifs is 4. The van der Waals surface area contributed by atoms with Gasteiger partial charge in [-0.2, -0.15) is 0 Å². The van der Waals surface area contributed by atoms with E-state index in [9.17, 15) is 9.59 Å². The number of rotatable bonds is 3. The molecule has 6 nitrogen and oxygen atoms in total. The zero-order valence-corrected chi connectivity index (χ0v) is 17.4. The summed E-state index contributed by atoms with van der Waals surface area (Å²) < 4.78 is 2.35. The Morgan fingerprint density at radius 2 is 1.97 bits per heavy atom. The number of thiophene rings is 1. The molecule has 0 atom stereocenters. The van der Waals surface area contributed by atoms with Crippen molar-refractivity contribution in [2.24, 2.45) is 0 Å². The number of nitrogens with one attached hydrogen (secondary N) is 1. The molecule has 0 aliphatic heterocycles. The van der Waals surface area contributed by atoms with Crippen LogP contribution in [0.25, 0.3) is 31.2 Å². The minimum Gasteiger partial charge on any atom is -0.300 e. The minimum absolute atomic E-state index is 0.104. The average molecular weight is 421 g/mol. The Balaban J connectivity index is 1.44. The molecule has 0 aliphatic carbocycles. The van der Waals surface area contributed by atoms with Crippen molar-refractivity contribution in [1.82, 2.24) is 14.5 Å². The maximum absolute atomic E-state index is 12.8. The van der Waals surface area contributed by atoms with Crippen molar-refractivity contribution in [3.63, 3.8) is 0 Å². The van der Waals surface area contributed by atoms with Gasteiger partial charge in [-0.3, -0.25) is 14.2 Å². The van der Waals surface area contributed by atoms with Crippen LogP contribution in [0.2, 0.25) is 0 Å². The molecule has 5 aromatic rings. The van der Waals surface area contributed by atoms with Crippen molar-refractivity contribution in [1.29, 1.82) is 0 Å². The van der Waals surface area contributed by atoms with E-state index in [0.29, 0.717) is 15.3 Å². The Bertz CT molecular complexity index is 1480. The van der Waals surface area contributed by atoms with Gasteiger partial charge in [0, 0.05) is 10.3 Å². The Hall–Kier alpha value is -3.10. The highest BCUT2D eigenvalue weighted by molar-refractivity contribution is 7.22. The number of nitrogens with zero attached hydrogens (tertiary/aromatic N) is 3. The molecule has 3 aromatic heterocycles. The summed E-state index contributed by atoms with van der Waals surface area (Å²) in [6.45, 7) is 3.77. The van der Waals surface area contributed by atoms with Gasteiger partial charge in [0.05, 0.1) is 21.9 Å². The van der Waals surface area contributed by atoms with E-state index in [4.69, 9.17) is 0 Å². The summed E-state index contributed by atoms with van der Waals surface area (Å²) in [6.07, 6.45) is 1.44. The molecule has 1 N–H and O–H groups in total. The molecule has 0 radical (unpaired) electrons. The number of aryl methyl sites for hydroxylation is 2. The fourth-order valence-corrected chi connectivity index (χ4v) is 5.30. The van der Waals surface area contributed by atoms with Gasteiger partial charge in [0.2, 0.25) is 5.91 Å². The fourth-order valence-electron chi connectivity index (χ4n) is 3.41. The molecule has 0 bridgehead atoms. The maximum atomic E-state index is 12.8. The maximum Gasteiger partial charge on any atom is 0.262 e. The predicted molar refractivity (Wildman–Crippen MR) is 119 cm³/mol. The number of hydrogen-bond acceptors (Lipinski definition) is 6. The van der Waals surface area contributed by atoms with E-state index in [1.165, 1.54) is 33.6 Å². The third kappa shape index (κ3) is 3.01. The first kappa shape index (κ1) is 18.0. The largest absolute Gasteiger partial charge is 0.300 e. The molecule has 1 amide bonds. The monoisotopic (exact) mass is 420 g/mol. The van der Waals surface area contributed by atoms with Gasteiger partial charge in [0.25, 0.3) is 5.56 Å². The van der Waals surface area contributed by atoms with E-state index in [2.05, 4.69) is 15.3 Å². The number of benzene rings is 2. The molecular weight excluding hydrogens is 404 g/mol. The lowest BCUT2D eigenvalue weighted by Crippen LogP contribution is -2.27. The predicted octanol–water partition coefficient (Wildman–Crippen LogP) is 4.48. The van der Waals surface area contributed by atoms with Crippen LogP contribution >= 0.6 is 22.7 Å². The number of hydrogen-bond donors (Lipinski definition) is 1. The van der Waals surface area contributed by atoms with Crippen LogP contribution in [0, 0.1) is 13.8 Å². The van der Waals surface area contributed by atoms with Crippen LogP contribution in [0.3, 0.4) is 0 Å². The Labute approximate surface area is 173 Å². The second kappa shape index (κ2) is 6.75. The van der Waals surface area contributed by atoms with Crippen LogP contribution in [-0.4, -0.2) is 20.4 Å². The van der Waals surface area contributed by atoms with Gasteiger partial charge >= 0.3 is 0 Å². The summed E-state index contributed by atoms with van der Waals surface area (Å²) >= 11 is 2.91. The number of carbonyl (C=O) groups excluding carboxylic acids is 1. The highest BCUT2D eigenvalue weighted by Crippen LogP contribution is 2.31. The zero-order chi connectivity index (χ0) is 20.1. The van der Waals surface area contributed by atoms with Crippen LogP contribution in [0.4, 0.5) is 5.13 Å². The number of anilines is 1. The van der Waals surface area contributed by atoms with Gasteiger partial charge in [-0.1, -0.05) is 41.7 Å². The summed E-state index contributed by atoms with van der Waals surface area (Å²) in [4.78, 5) is 36.1. The van der Waals surface area contributed by atoms with Crippen molar-refractivity contribution >= 4 is 64.9 Å². The van der Waals surface area contributed by atoms with Gasteiger partial charge < -0.3 is 5.32 Å². The quantitative estimate of drug-likeness (QED) is 0.467. The highest BCUT2D eigenvalue weighted by Gasteiger charge is 2.15. The molecule has 0 saturated heterocycles. The number of thiazole rings is 1. The van der Waals surface area contributed by atoms with E-state index < -0.39 is 0 Å². The van der Waals surface area contributed by atoms with E-state index in [0.717, 1.165) is 31.4 Å². The first-order valence-electron chi connectivity index (χ1n) is 9.04. The molecule has 2 aromatic carbocycles. The minimum atomic E-state index is -0.304. The average Bonchev–Trinajstić information content (AvgIpc) is 3.25. The summed E-state index contributed by atoms with van der Waals surface area (Å²) in [5, 5.41) is 6.09. The van der Waals surface area contributed by atoms with Crippen LogP contribution in [-0.2, 0) is 11.3 Å². The van der Waals surface area contributed by atoms with Crippen LogP contribution in [0.5, 0.6) is 0 Å². The summed E-state index contributed by atoms with van der Waals surface area (Å²) in [5.74, 6) is -0.304. The van der Waals surface area contributed by atoms with E-state index in [1.54, 1.807) is 0 Å².